The fourth-order valence-corrected chi connectivity index (χ4v) is 4.92. The van der Waals surface area contributed by atoms with E-state index in [1.165, 1.54) is 0 Å². The fourth-order valence-electron chi connectivity index (χ4n) is 4.92. The molecule has 6 aromatic rings. The first-order chi connectivity index (χ1) is 17.7. The highest BCUT2D eigenvalue weighted by atomic mass is 16.3. The van der Waals surface area contributed by atoms with E-state index >= 15 is 0 Å². The van der Waals surface area contributed by atoms with Crippen LogP contribution in [0.5, 0.6) is 0 Å². The van der Waals surface area contributed by atoms with Crippen LogP contribution in [0.1, 0.15) is 35.5 Å². The van der Waals surface area contributed by atoms with Crippen molar-refractivity contribution in [2.24, 2.45) is 0 Å². The summed E-state index contributed by atoms with van der Waals surface area (Å²) >= 11 is 0. The van der Waals surface area contributed by atoms with Gasteiger partial charge in [0.05, 0.1) is 22.3 Å². The van der Waals surface area contributed by atoms with E-state index in [9.17, 15) is 14.7 Å². The standard InChI is InChI=1S/C30H26N4O3/c1-17-20(8-6-10-21(17)32-28(35)24-15-18-7-4-5-9-22(18)31-24)25-13-14-27-29(36)33-23-16-19(30(2,3)37)11-12-26(23)34(25)27/h4-16,31,37H,1-3H3,(H,32,35)(H,33,36). The topological polar surface area (TPSA) is 102 Å². The highest BCUT2D eigenvalue weighted by Crippen LogP contribution is 2.32. The molecule has 3 heterocycles. The third-order valence-corrected chi connectivity index (χ3v) is 6.94. The average molecular weight is 491 g/mol. The zero-order valence-electron chi connectivity index (χ0n) is 20.7. The highest BCUT2D eigenvalue weighted by molar-refractivity contribution is 6.06. The second kappa shape index (κ2) is 8.21. The predicted octanol–water partition coefficient (Wildman–Crippen LogP) is 5.72. The quantitative estimate of drug-likeness (QED) is 0.254. The van der Waals surface area contributed by atoms with E-state index in [4.69, 9.17) is 0 Å². The normalized spacial score (nSPS) is 12.0. The summed E-state index contributed by atoms with van der Waals surface area (Å²) in [5, 5.41) is 14.5. The van der Waals surface area contributed by atoms with Gasteiger partial charge in [0.25, 0.3) is 11.5 Å². The Morgan fingerprint density at radius 1 is 0.892 bits per heavy atom. The number of anilines is 1. The highest BCUT2D eigenvalue weighted by Gasteiger charge is 2.19. The summed E-state index contributed by atoms with van der Waals surface area (Å²) in [6.45, 7) is 5.38. The molecule has 0 bridgehead atoms. The maximum Gasteiger partial charge on any atom is 0.272 e. The maximum absolute atomic E-state index is 13.1. The van der Waals surface area contributed by atoms with Crippen LogP contribution in [0.2, 0.25) is 0 Å². The number of nitrogens with one attached hydrogen (secondary N) is 3. The summed E-state index contributed by atoms with van der Waals surface area (Å²) in [6.07, 6.45) is 0. The molecule has 3 aromatic heterocycles. The van der Waals surface area contributed by atoms with Crippen molar-refractivity contribution in [3.63, 3.8) is 0 Å². The van der Waals surface area contributed by atoms with Crippen LogP contribution in [-0.2, 0) is 5.60 Å². The van der Waals surface area contributed by atoms with Crippen LogP contribution in [0.3, 0.4) is 0 Å². The number of nitrogens with zero attached hydrogens (tertiary/aromatic N) is 1. The Labute approximate surface area is 212 Å². The molecule has 0 saturated carbocycles. The molecule has 0 aliphatic heterocycles. The van der Waals surface area contributed by atoms with Gasteiger partial charge in [-0.05, 0) is 74.4 Å². The molecule has 4 N–H and O–H groups in total. The van der Waals surface area contributed by atoms with Crippen molar-refractivity contribution in [1.82, 2.24) is 14.4 Å². The number of para-hydroxylation sites is 1. The number of amides is 1. The number of rotatable bonds is 4. The largest absolute Gasteiger partial charge is 0.386 e. The van der Waals surface area contributed by atoms with E-state index < -0.39 is 5.60 Å². The first-order valence-electron chi connectivity index (χ1n) is 12.1. The molecular weight excluding hydrogens is 464 g/mol. The van der Waals surface area contributed by atoms with E-state index in [0.717, 1.165) is 33.2 Å². The predicted molar refractivity (Wildman–Crippen MR) is 147 cm³/mol. The Kier molecular flexibility index (Phi) is 5.07. The fraction of sp³-hybridized carbons (Fsp3) is 0.133. The lowest BCUT2D eigenvalue weighted by Crippen LogP contribution is -2.16. The van der Waals surface area contributed by atoms with Crippen molar-refractivity contribution in [3.05, 3.63) is 106 Å². The lowest BCUT2D eigenvalue weighted by atomic mass is 9.98. The molecule has 184 valence electrons. The maximum atomic E-state index is 13.1. The second-order valence-electron chi connectivity index (χ2n) is 9.89. The first kappa shape index (κ1) is 22.8. The molecule has 0 unspecified atom stereocenters. The van der Waals surface area contributed by atoms with Gasteiger partial charge in [0, 0.05) is 22.2 Å². The SMILES string of the molecule is Cc1c(NC(=O)c2cc3ccccc3[nH]2)cccc1-c1ccc2c(=O)[nH]c3cc(C(C)(C)O)ccc3n12. The van der Waals surface area contributed by atoms with Crippen LogP contribution in [-0.4, -0.2) is 25.4 Å². The van der Waals surface area contributed by atoms with Gasteiger partial charge in [0.1, 0.15) is 11.2 Å². The number of carbonyl (C=O) groups is 1. The minimum atomic E-state index is -1.03. The number of hydrogen-bond acceptors (Lipinski definition) is 3. The van der Waals surface area contributed by atoms with Crippen molar-refractivity contribution in [1.29, 1.82) is 0 Å². The van der Waals surface area contributed by atoms with Crippen LogP contribution in [0.25, 0.3) is 38.7 Å². The van der Waals surface area contributed by atoms with E-state index in [0.29, 0.717) is 28.0 Å². The summed E-state index contributed by atoms with van der Waals surface area (Å²) in [4.78, 5) is 32.1. The zero-order chi connectivity index (χ0) is 25.9. The molecule has 1 amide bonds. The number of aliphatic hydroxyl groups is 1. The minimum absolute atomic E-state index is 0.215. The first-order valence-corrected chi connectivity index (χ1v) is 12.1. The lowest BCUT2D eigenvalue weighted by Gasteiger charge is -2.19. The Morgan fingerprint density at radius 3 is 2.46 bits per heavy atom. The molecule has 0 saturated heterocycles. The Morgan fingerprint density at radius 2 is 1.68 bits per heavy atom. The molecule has 6 rings (SSSR count). The third-order valence-electron chi connectivity index (χ3n) is 6.94. The van der Waals surface area contributed by atoms with Crippen LogP contribution in [0.4, 0.5) is 5.69 Å². The van der Waals surface area contributed by atoms with Gasteiger partial charge in [-0.2, -0.15) is 0 Å². The molecule has 3 aromatic carbocycles. The minimum Gasteiger partial charge on any atom is -0.386 e. The van der Waals surface area contributed by atoms with Crippen LogP contribution in [0.15, 0.2) is 83.7 Å². The van der Waals surface area contributed by atoms with E-state index in [1.807, 2.05) is 84.1 Å². The summed E-state index contributed by atoms with van der Waals surface area (Å²) in [7, 11) is 0. The van der Waals surface area contributed by atoms with Crippen molar-refractivity contribution >= 4 is 39.0 Å². The van der Waals surface area contributed by atoms with Crippen molar-refractivity contribution in [2.75, 3.05) is 5.32 Å². The number of carbonyl (C=O) groups excluding carboxylic acids is 1. The monoisotopic (exact) mass is 490 g/mol. The molecular formula is C30H26N4O3. The van der Waals surface area contributed by atoms with Gasteiger partial charge in [-0.15, -0.1) is 0 Å². The van der Waals surface area contributed by atoms with E-state index in [-0.39, 0.29) is 11.5 Å². The van der Waals surface area contributed by atoms with Gasteiger partial charge in [-0.1, -0.05) is 36.4 Å². The third kappa shape index (κ3) is 3.80. The van der Waals surface area contributed by atoms with Crippen molar-refractivity contribution in [2.45, 2.75) is 26.4 Å². The van der Waals surface area contributed by atoms with Crippen molar-refractivity contribution in [3.8, 4) is 11.3 Å². The van der Waals surface area contributed by atoms with E-state index in [2.05, 4.69) is 15.3 Å². The summed E-state index contributed by atoms with van der Waals surface area (Å²) < 4.78 is 1.92. The summed E-state index contributed by atoms with van der Waals surface area (Å²) in [5.41, 5.74) is 6.12. The smallest absolute Gasteiger partial charge is 0.272 e. The molecule has 0 aliphatic rings. The number of aromatic amines is 2. The van der Waals surface area contributed by atoms with Crippen molar-refractivity contribution < 1.29 is 9.90 Å². The molecule has 0 spiro atoms. The van der Waals surface area contributed by atoms with E-state index in [1.54, 1.807) is 19.9 Å². The van der Waals surface area contributed by atoms with Gasteiger partial charge in [0.15, 0.2) is 0 Å². The lowest BCUT2D eigenvalue weighted by molar-refractivity contribution is 0.0787. The van der Waals surface area contributed by atoms with Crippen LogP contribution >= 0.6 is 0 Å². The average Bonchev–Trinajstić information content (AvgIpc) is 3.50. The number of aromatic nitrogens is 3. The van der Waals surface area contributed by atoms with Gasteiger partial charge in [0.2, 0.25) is 0 Å². The molecule has 7 heteroatoms. The molecule has 0 aliphatic carbocycles. The van der Waals surface area contributed by atoms with Crippen LogP contribution < -0.4 is 10.9 Å². The Balaban J connectivity index is 1.45. The zero-order valence-corrected chi connectivity index (χ0v) is 20.7. The molecule has 7 nitrogen and oxygen atoms in total. The second-order valence-corrected chi connectivity index (χ2v) is 9.89. The number of fused-ring (bicyclic) bond motifs is 4. The van der Waals surface area contributed by atoms with Gasteiger partial charge < -0.3 is 24.8 Å². The molecule has 37 heavy (non-hydrogen) atoms. The van der Waals surface area contributed by atoms with Gasteiger partial charge in [-0.3, -0.25) is 9.59 Å². The molecule has 0 atom stereocenters. The van der Waals surface area contributed by atoms with Gasteiger partial charge >= 0.3 is 0 Å². The molecule has 0 fully saturated rings. The Bertz CT molecular complexity index is 1870. The summed E-state index contributed by atoms with van der Waals surface area (Å²) in [6, 6.07) is 24.6. The number of benzene rings is 3. The number of hydrogen-bond donors (Lipinski definition) is 4. The van der Waals surface area contributed by atoms with Gasteiger partial charge in [-0.25, -0.2) is 0 Å². The molecule has 0 radical (unpaired) electrons. The Hall–Kier alpha value is -4.62. The summed E-state index contributed by atoms with van der Waals surface area (Å²) in [5.74, 6) is -0.225. The van der Waals surface area contributed by atoms with Crippen LogP contribution in [0, 0.1) is 6.92 Å². The number of H-pyrrole nitrogens is 2.